The molecule has 0 atom stereocenters. The van der Waals surface area contributed by atoms with Gasteiger partial charge in [-0.25, -0.2) is 4.39 Å². The predicted molar refractivity (Wildman–Crippen MR) is 111 cm³/mol. The number of benzene rings is 1. The summed E-state index contributed by atoms with van der Waals surface area (Å²) < 4.78 is 27.8. The zero-order valence-electron chi connectivity index (χ0n) is 16.9. The SMILES string of the molecule is Cn1cc(CC(=O)c2cc(C(=O)c3c(Cl)ccc(OC4CCOCC4)c3F)c[nH]2)cn1. The molecule has 1 fully saturated rings. The third-order valence-corrected chi connectivity index (χ3v) is 5.43. The normalized spacial score (nSPS) is 14.5. The van der Waals surface area contributed by atoms with E-state index in [2.05, 4.69) is 10.1 Å². The van der Waals surface area contributed by atoms with Crippen LogP contribution in [0.3, 0.4) is 0 Å². The summed E-state index contributed by atoms with van der Waals surface area (Å²) in [5, 5.41) is 4.01. The summed E-state index contributed by atoms with van der Waals surface area (Å²) in [6.07, 6.45) is 5.96. The highest BCUT2D eigenvalue weighted by molar-refractivity contribution is 6.35. The lowest BCUT2D eigenvalue weighted by atomic mass is 10.0. The second-order valence-corrected chi connectivity index (χ2v) is 7.82. The molecule has 2 aromatic heterocycles. The van der Waals surface area contributed by atoms with Crippen LogP contribution in [0.4, 0.5) is 4.39 Å². The molecule has 0 radical (unpaired) electrons. The Bertz CT molecular complexity index is 1120. The van der Waals surface area contributed by atoms with Gasteiger partial charge in [-0.15, -0.1) is 0 Å². The molecule has 1 aliphatic rings. The Morgan fingerprint density at radius 2 is 2.13 bits per heavy atom. The molecule has 0 unspecified atom stereocenters. The molecule has 9 heteroatoms. The summed E-state index contributed by atoms with van der Waals surface area (Å²) in [6.45, 7) is 1.09. The van der Waals surface area contributed by atoms with Crippen molar-refractivity contribution >= 4 is 23.2 Å². The molecule has 0 aliphatic carbocycles. The van der Waals surface area contributed by atoms with Crippen LogP contribution in [0.1, 0.15) is 44.8 Å². The van der Waals surface area contributed by atoms with Gasteiger partial charge in [0.15, 0.2) is 23.1 Å². The first-order valence-corrected chi connectivity index (χ1v) is 10.3. The van der Waals surface area contributed by atoms with E-state index in [1.165, 1.54) is 24.4 Å². The van der Waals surface area contributed by atoms with E-state index in [0.29, 0.717) is 26.1 Å². The maximum Gasteiger partial charge on any atom is 0.199 e. The molecule has 31 heavy (non-hydrogen) atoms. The van der Waals surface area contributed by atoms with Crippen molar-refractivity contribution in [2.24, 2.45) is 7.05 Å². The van der Waals surface area contributed by atoms with Gasteiger partial charge in [0.25, 0.3) is 0 Å². The average molecular weight is 446 g/mol. The Morgan fingerprint density at radius 3 is 2.84 bits per heavy atom. The molecule has 1 aliphatic heterocycles. The second kappa shape index (κ2) is 9.03. The van der Waals surface area contributed by atoms with Gasteiger partial charge in [0, 0.05) is 44.3 Å². The minimum Gasteiger partial charge on any atom is -0.487 e. The summed E-state index contributed by atoms with van der Waals surface area (Å²) in [4.78, 5) is 28.3. The standard InChI is InChI=1S/C22H21ClFN3O4/c1-27-12-13(10-26-27)8-18(28)17-9-14(11-25-17)22(29)20-16(23)2-3-19(21(20)24)31-15-4-6-30-7-5-15/h2-3,9-12,15,25H,4-8H2,1H3. The first kappa shape index (κ1) is 21.3. The smallest absolute Gasteiger partial charge is 0.199 e. The van der Waals surface area contributed by atoms with Gasteiger partial charge in [0.1, 0.15) is 6.10 Å². The highest BCUT2D eigenvalue weighted by atomic mass is 35.5. The largest absolute Gasteiger partial charge is 0.487 e. The number of aromatic nitrogens is 3. The molecule has 0 bridgehead atoms. The fraction of sp³-hybridized carbons (Fsp3) is 0.318. The Labute approximate surface area is 183 Å². The van der Waals surface area contributed by atoms with Gasteiger partial charge in [-0.3, -0.25) is 14.3 Å². The lowest BCUT2D eigenvalue weighted by Gasteiger charge is -2.24. The van der Waals surface area contributed by atoms with Crippen molar-refractivity contribution in [1.29, 1.82) is 0 Å². The monoisotopic (exact) mass is 445 g/mol. The lowest BCUT2D eigenvalue weighted by Crippen LogP contribution is -2.26. The fourth-order valence-corrected chi connectivity index (χ4v) is 3.71. The molecular weight excluding hydrogens is 425 g/mol. The van der Waals surface area contributed by atoms with Crippen molar-refractivity contribution in [3.63, 3.8) is 0 Å². The van der Waals surface area contributed by atoms with Gasteiger partial charge in [-0.1, -0.05) is 11.6 Å². The Morgan fingerprint density at radius 1 is 1.35 bits per heavy atom. The van der Waals surface area contributed by atoms with Crippen molar-refractivity contribution in [3.05, 3.63) is 70.0 Å². The second-order valence-electron chi connectivity index (χ2n) is 7.42. The first-order valence-electron chi connectivity index (χ1n) is 9.88. The molecule has 1 N–H and O–H groups in total. The van der Waals surface area contributed by atoms with Crippen LogP contribution in [0.2, 0.25) is 5.02 Å². The van der Waals surface area contributed by atoms with Crippen LogP contribution in [0.15, 0.2) is 36.8 Å². The van der Waals surface area contributed by atoms with Gasteiger partial charge < -0.3 is 14.5 Å². The zero-order valence-corrected chi connectivity index (χ0v) is 17.6. The van der Waals surface area contributed by atoms with Gasteiger partial charge in [0.2, 0.25) is 0 Å². The minimum absolute atomic E-state index is 0.0220. The Balaban J connectivity index is 1.54. The molecule has 0 spiro atoms. The van der Waals surface area contributed by atoms with Gasteiger partial charge in [0.05, 0.1) is 35.7 Å². The number of ether oxygens (including phenoxy) is 2. The molecule has 3 aromatic rings. The first-order chi connectivity index (χ1) is 14.9. The molecule has 0 saturated carbocycles. The highest BCUT2D eigenvalue weighted by Gasteiger charge is 2.25. The van der Waals surface area contributed by atoms with E-state index in [4.69, 9.17) is 21.1 Å². The van der Waals surface area contributed by atoms with E-state index in [1.54, 1.807) is 24.1 Å². The minimum atomic E-state index is -0.812. The summed E-state index contributed by atoms with van der Waals surface area (Å²) >= 11 is 6.15. The predicted octanol–water partition coefficient (Wildman–Crippen LogP) is 3.75. The number of H-pyrrole nitrogens is 1. The van der Waals surface area contributed by atoms with Crippen molar-refractivity contribution in [2.45, 2.75) is 25.4 Å². The van der Waals surface area contributed by atoms with E-state index >= 15 is 4.39 Å². The van der Waals surface area contributed by atoms with Crippen LogP contribution in [0.25, 0.3) is 0 Å². The molecule has 1 saturated heterocycles. The maximum absolute atomic E-state index is 15.1. The number of aryl methyl sites for hydroxylation is 1. The number of ketones is 2. The van der Waals surface area contributed by atoms with Gasteiger partial charge in [-0.05, 0) is 23.8 Å². The summed E-state index contributed by atoms with van der Waals surface area (Å²) in [6, 6.07) is 4.26. The summed E-state index contributed by atoms with van der Waals surface area (Å²) in [7, 11) is 1.76. The van der Waals surface area contributed by atoms with E-state index in [9.17, 15) is 9.59 Å². The average Bonchev–Trinajstić information content (AvgIpc) is 3.40. The highest BCUT2D eigenvalue weighted by Crippen LogP contribution is 2.31. The number of rotatable bonds is 7. The number of hydrogen-bond acceptors (Lipinski definition) is 5. The van der Waals surface area contributed by atoms with Crippen molar-refractivity contribution in [3.8, 4) is 5.75 Å². The van der Waals surface area contributed by atoms with Gasteiger partial charge in [-0.2, -0.15) is 5.10 Å². The number of carbonyl (C=O) groups is 2. The number of halogens is 2. The van der Waals surface area contributed by atoms with Crippen LogP contribution in [-0.2, 0) is 18.2 Å². The van der Waals surface area contributed by atoms with Crippen molar-refractivity contribution in [1.82, 2.24) is 14.8 Å². The van der Waals surface area contributed by atoms with Gasteiger partial charge >= 0.3 is 0 Å². The number of nitrogens with zero attached hydrogens (tertiary/aromatic N) is 2. The molecule has 0 amide bonds. The molecular formula is C22H21ClFN3O4. The van der Waals surface area contributed by atoms with E-state index < -0.39 is 11.6 Å². The molecule has 1 aromatic carbocycles. The van der Waals surface area contributed by atoms with Crippen LogP contribution in [-0.4, -0.2) is 45.6 Å². The number of Topliss-reactive ketones (excluding diaryl/α,β-unsaturated/α-hetero) is 1. The molecule has 7 nitrogen and oxygen atoms in total. The number of carbonyl (C=O) groups excluding carboxylic acids is 2. The zero-order chi connectivity index (χ0) is 22.0. The quantitative estimate of drug-likeness (QED) is 0.560. The van der Waals surface area contributed by atoms with E-state index in [-0.39, 0.29) is 45.9 Å². The third kappa shape index (κ3) is 4.70. The maximum atomic E-state index is 15.1. The molecule has 162 valence electrons. The van der Waals surface area contributed by atoms with Crippen LogP contribution < -0.4 is 4.74 Å². The number of aromatic amines is 1. The molecule has 3 heterocycles. The molecule has 4 rings (SSSR count). The topological polar surface area (TPSA) is 86.2 Å². The Kier molecular flexibility index (Phi) is 6.20. The van der Waals surface area contributed by atoms with Crippen molar-refractivity contribution < 1.29 is 23.5 Å². The van der Waals surface area contributed by atoms with E-state index in [0.717, 1.165) is 5.56 Å². The number of hydrogen-bond donors (Lipinski definition) is 1. The van der Waals surface area contributed by atoms with E-state index in [1.807, 2.05) is 0 Å². The number of nitrogens with one attached hydrogen (secondary N) is 1. The summed E-state index contributed by atoms with van der Waals surface area (Å²) in [5.74, 6) is -1.68. The van der Waals surface area contributed by atoms with Crippen LogP contribution >= 0.6 is 11.6 Å². The fourth-order valence-electron chi connectivity index (χ4n) is 3.48. The summed E-state index contributed by atoms with van der Waals surface area (Å²) in [5.41, 5.74) is 0.857. The van der Waals surface area contributed by atoms with Crippen molar-refractivity contribution in [2.75, 3.05) is 13.2 Å². The lowest BCUT2D eigenvalue weighted by molar-refractivity contribution is 0.0239. The van der Waals surface area contributed by atoms with Crippen LogP contribution in [0.5, 0.6) is 5.75 Å². The Hall–Kier alpha value is -2.97. The third-order valence-electron chi connectivity index (χ3n) is 5.11. The van der Waals surface area contributed by atoms with Crippen LogP contribution in [0, 0.1) is 5.82 Å².